The van der Waals surface area contributed by atoms with Gasteiger partial charge < -0.3 is 9.52 Å². The fraction of sp³-hybridized carbons (Fsp3) is 0.556. The summed E-state index contributed by atoms with van der Waals surface area (Å²) < 4.78 is 26.4. The van der Waals surface area contributed by atoms with E-state index in [1.54, 1.807) is 6.07 Å². The van der Waals surface area contributed by atoms with Crippen LogP contribution >= 0.6 is 0 Å². The number of sulfone groups is 1. The minimum atomic E-state index is -2.92. The minimum Gasteiger partial charge on any atom is -0.472 e. The summed E-state index contributed by atoms with van der Waals surface area (Å²) in [6.45, 7) is 0. The zero-order chi connectivity index (χ0) is 10.6. The lowest BCUT2D eigenvalue weighted by Gasteiger charge is -2.06. The lowest BCUT2D eigenvalue weighted by Crippen LogP contribution is -2.05. The molecule has 14 heavy (non-hydrogen) atoms. The zero-order valence-electron chi connectivity index (χ0n) is 8.01. The van der Waals surface area contributed by atoms with Gasteiger partial charge in [0, 0.05) is 17.6 Å². The third-order valence-electron chi connectivity index (χ3n) is 1.92. The van der Waals surface area contributed by atoms with Gasteiger partial charge in [0.2, 0.25) is 0 Å². The van der Waals surface area contributed by atoms with Crippen molar-refractivity contribution in [2.75, 3.05) is 12.0 Å². The van der Waals surface area contributed by atoms with Crippen molar-refractivity contribution < 1.29 is 17.9 Å². The molecule has 1 N–H and O–H groups in total. The van der Waals surface area contributed by atoms with Gasteiger partial charge in [0.1, 0.15) is 9.84 Å². The highest BCUT2D eigenvalue weighted by Crippen LogP contribution is 2.18. The first-order chi connectivity index (χ1) is 6.49. The average Bonchev–Trinajstić information content (AvgIpc) is 2.53. The molecule has 1 rings (SSSR count). The Hall–Kier alpha value is -0.810. The normalized spacial score (nSPS) is 14.1. The van der Waals surface area contributed by atoms with Crippen LogP contribution in [0.5, 0.6) is 0 Å². The highest BCUT2D eigenvalue weighted by molar-refractivity contribution is 7.90. The first-order valence-corrected chi connectivity index (χ1v) is 6.43. The van der Waals surface area contributed by atoms with Crippen molar-refractivity contribution in [3.63, 3.8) is 0 Å². The molecule has 0 aliphatic carbocycles. The van der Waals surface area contributed by atoms with Gasteiger partial charge in [-0.05, 0) is 18.9 Å². The van der Waals surface area contributed by atoms with Crippen molar-refractivity contribution in [1.82, 2.24) is 0 Å². The fourth-order valence-electron chi connectivity index (χ4n) is 1.17. The maximum absolute atomic E-state index is 10.8. The van der Waals surface area contributed by atoms with Crippen molar-refractivity contribution in [3.8, 4) is 0 Å². The van der Waals surface area contributed by atoms with Gasteiger partial charge in [-0.2, -0.15) is 0 Å². The molecule has 0 fully saturated rings. The van der Waals surface area contributed by atoms with Crippen LogP contribution in [0.3, 0.4) is 0 Å². The highest BCUT2D eigenvalue weighted by atomic mass is 32.2. The predicted molar refractivity (Wildman–Crippen MR) is 52.6 cm³/mol. The minimum absolute atomic E-state index is 0.113. The van der Waals surface area contributed by atoms with Gasteiger partial charge in [0.25, 0.3) is 0 Å². The molecule has 80 valence electrons. The van der Waals surface area contributed by atoms with E-state index in [1.807, 2.05) is 0 Å². The van der Waals surface area contributed by atoms with Crippen LogP contribution in [0.15, 0.2) is 23.0 Å². The second-order valence-corrected chi connectivity index (χ2v) is 5.60. The summed E-state index contributed by atoms with van der Waals surface area (Å²) in [5, 5.41) is 9.55. The van der Waals surface area contributed by atoms with Gasteiger partial charge in [-0.15, -0.1) is 0 Å². The molecular formula is C9H14O4S. The molecule has 5 heteroatoms. The first-order valence-electron chi connectivity index (χ1n) is 4.37. The van der Waals surface area contributed by atoms with Gasteiger partial charge in [0.05, 0.1) is 18.6 Å². The van der Waals surface area contributed by atoms with Gasteiger partial charge in [-0.3, -0.25) is 0 Å². The molecule has 1 unspecified atom stereocenters. The predicted octanol–water partition coefficient (Wildman–Crippen LogP) is 1.14. The lowest BCUT2D eigenvalue weighted by molar-refractivity contribution is 0.166. The van der Waals surface area contributed by atoms with Crippen LogP contribution in [0.1, 0.15) is 24.5 Å². The molecule has 0 saturated heterocycles. The Morgan fingerprint density at radius 1 is 1.57 bits per heavy atom. The maximum atomic E-state index is 10.8. The Labute approximate surface area is 83.5 Å². The molecule has 0 aromatic carbocycles. The Balaban J connectivity index is 2.33. The fourth-order valence-corrected chi connectivity index (χ4v) is 1.86. The number of furan rings is 1. The van der Waals surface area contributed by atoms with Crippen molar-refractivity contribution in [3.05, 3.63) is 24.2 Å². The second-order valence-electron chi connectivity index (χ2n) is 3.34. The largest absolute Gasteiger partial charge is 0.472 e. The highest BCUT2D eigenvalue weighted by Gasteiger charge is 2.10. The van der Waals surface area contributed by atoms with E-state index >= 15 is 0 Å². The van der Waals surface area contributed by atoms with Crippen molar-refractivity contribution in [2.45, 2.75) is 18.9 Å². The number of aliphatic hydroxyl groups excluding tert-OH is 1. The van der Waals surface area contributed by atoms with Crippen LogP contribution < -0.4 is 0 Å². The average molecular weight is 218 g/mol. The van der Waals surface area contributed by atoms with Crippen LogP contribution in [0, 0.1) is 0 Å². The molecule has 1 aromatic heterocycles. The molecule has 1 aromatic rings. The topological polar surface area (TPSA) is 67.5 Å². The van der Waals surface area contributed by atoms with Crippen molar-refractivity contribution in [1.29, 1.82) is 0 Å². The smallest absolute Gasteiger partial charge is 0.147 e. The molecule has 4 nitrogen and oxygen atoms in total. The van der Waals surface area contributed by atoms with E-state index in [4.69, 9.17) is 4.42 Å². The van der Waals surface area contributed by atoms with Crippen LogP contribution in [0.25, 0.3) is 0 Å². The van der Waals surface area contributed by atoms with Crippen molar-refractivity contribution in [2.24, 2.45) is 0 Å². The molecule has 1 atom stereocenters. The van der Waals surface area contributed by atoms with E-state index in [2.05, 4.69) is 0 Å². The van der Waals surface area contributed by atoms with Gasteiger partial charge in [-0.25, -0.2) is 8.42 Å². The maximum Gasteiger partial charge on any atom is 0.147 e. The zero-order valence-corrected chi connectivity index (χ0v) is 8.83. The standard InChI is InChI=1S/C9H14O4S/c1-14(11,12)6-2-3-9(10)8-4-5-13-7-8/h4-5,7,9-10H,2-3,6H2,1H3. The first kappa shape index (κ1) is 11.3. The molecule has 0 aliphatic heterocycles. The summed E-state index contributed by atoms with van der Waals surface area (Å²) in [5.41, 5.74) is 0.693. The quantitative estimate of drug-likeness (QED) is 0.804. The van der Waals surface area contributed by atoms with Crippen LogP contribution in [-0.2, 0) is 9.84 Å². The summed E-state index contributed by atoms with van der Waals surface area (Å²) in [6, 6.07) is 1.67. The Morgan fingerprint density at radius 2 is 2.29 bits per heavy atom. The van der Waals surface area contributed by atoms with Crippen LogP contribution in [0.2, 0.25) is 0 Å². The SMILES string of the molecule is CS(=O)(=O)CCCC(O)c1ccoc1. The van der Waals surface area contributed by atoms with E-state index in [9.17, 15) is 13.5 Å². The Bertz CT molecular complexity index is 352. The summed E-state index contributed by atoms with van der Waals surface area (Å²) in [6.07, 6.45) is 4.41. The monoisotopic (exact) mass is 218 g/mol. The van der Waals surface area contributed by atoms with Crippen LogP contribution in [-0.4, -0.2) is 25.5 Å². The molecular weight excluding hydrogens is 204 g/mol. The van der Waals surface area contributed by atoms with Gasteiger partial charge in [0.15, 0.2) is 0 Å². The molecule has 1 heterocycles. The number of rotatable bonds is 5. The van der Waals surface area contributed by atoms with Gasteiger partial charge in [-0.1, -0.05) is 0 Å². The second kappa shape index (κ2) is 4.61. The number of hydrogen-bond donors (Lipinski definition) is 1. The number of aliphatic hydroxyl groups is 1. The molecule has 0 aliphatic rings. The molecule has 0 bridgehead atoms. The summed E-state index contributed by atoms with van der Waals surface area (Å²) in [7, 11) is -2.92. The molecule has 0 amide bonds. The van der Waals surface area contributed by atoms with Crippen LogP contribution in [0.4, 0.5) is 0 Å². The Kier molecular flexibility index (Phi) is 3.71. The Morgan fingerprint density at radius 3 is 2.79 bits per heavy atom. The van der Waals surface area contributed by atoms with E-state index in [0.29, 0.717) is 18.4 Å². The van der Waals surface area contributed by atoms with Crippen molar-refractivity contribution >= 4 is 9.84 Å². The summed E-state index contributed by atoms with van der Waals surface area (Å²) >= 11 is 0. The third-order valence-corrected chi connectivity index (χ3v) is 2.95. The summed E-state index contributed by atoms with van der Waals surface area (Å²) in [4.78, 5) is 0. The number of hydrogen-bond acceptors (Lipinski definition) is 4. The van der Waals surface area contributed by atoms with E-state index in [0.717, 1.165) is 0 Å². The molecule has 0 spiro atoms. The van der Waals surface area contributed by atoms with E-state index < -0.39 is 15.9 Å². The van der Waals surface area contributed by atoms with E-state index in [1.165, 1.54) is 18.8 Å². The van der Waals surface area contributed by atoms with E-state index in [-0.39, 0.29) is 5.75 Å². The van der Waals surface area contributed by atoms with Gasteiger partial charge >= 0.3 is 0 Å². The molecule has 0 radical (unpaired) electrons. The lowest BCUT2D eigenvalue weighted by atomic mass is 10.1. The summed E-state index contributed by atoms with van der Waals surface area (Å²) in [5.74, 6) is 0.113. The molecule has 0 saturated carbocycles. The third kappa shape index (κ3) is 3.93.